The zero-order valence-corrected chi connectivity index (χ0v) is 24.9. The number of halogens is 1. The summed E-state index contributed by atoms with van der Waals surface area (Å²) in [6, 6.07) is 29.2. The fraction of sp³-hybridized carbons (Fsp3) is 0.438. The lowest BCUT2D eigenvalue weighted by Gasteiger charge is -2.34. The fourth-order valence-electron chi connectivity index (χ4n) is 4.21. The van der Waals surface area contributed by atoms with E-state index in [4.69, 9.17) is 14.2 Å². The molecule has 0 amide bonds. The van der Waals surface area contributed by atoms with Crippen LogP contribution in [-0.2, 0) is 11.3 Å². The van der Waals surface area contributed by atoms with Crippen LogP contribution in [0.3, 0.4) is 0 Å². The van der Waals surface area contributed by atoms with E-state index < -0.39 is 0 Å². The summed E-state index contributed by atoms with van der Waals surface area (Å²) in [5, 5.41) is 0. The second-order valence-electron chi connectivity index (χ2n) is 10.3. The summed E-state index contributed by atoms with van der Waals surface area (Å²) >= 11 is 0. The Hall–Kier alpha value is -2.09. The van der Waals surface area contributed by atoms with E-state index in [-0.39, 0.29) is 24.0 Å². The maximum absolute atomic E-state index is 6.07. The summed E-state index contributed by atoms with van der Waals surface area (Å²) in [5.74, 6) is 1.77. The summed E-state index contributed by atoms with van der Waals surface area (Å²) in [7, 11) is 6.71. The molecule has 0 aliphatic heterocycles. The number of hydrogen-bond donors (Lipinski definition) is 0. The van der Waals surface area contributed by atoms with Gasteiger partial charge in [0.25, 0.3) is 0 Å². The highest BCUT2D eigenvalue weighted by molar-refractivity contribution is 5.31. The van der Waals surface area contributed by atoms with Crippen molar-refractivity contribution in [3.05, 3.63) is 96.1 Å². The summed E-state index contributed by atoms with van der Waals surface area (Å²) in [6.07, 6.45) is 7.16. The molecule has 4 nitrogen and oxygen atoms in total. The number of likely N-dealkylation sites (N-methyl/N-ethyl adjacent to an activating group) is 1. The van der Waals surface area contributed by atoms with Crippen LogP contribution in [0.2, 0.25) is 0 Å². The SMILES string of the molecule is C[N+](C)(C)[C@H](COCCCCCCCCOc1ccc(OCc2ccccc2)cc1)c1ccccc1.[I-]. The minimum atomic E-state index is 0. The number of quaternary nitrogens is 1. The zero-order valence-electron chi connectivity index (χ0n) is 22.8. The molecule has 0 radical (unpaired) electrons. The third-order valence-corrected chi connectivity index (χ3v) is 6.42. The minimum absolute atomic E-state index is 0. The Morgan fingerprint density at radius 1 is 0.595 bits per heavy atom. The Morgan fingerprint density at radius 3 is 1.70 bits per heavy atom. The quantitative estimate of drug-likeness (QED) is 0.127. The molecule has 1 atom stereocenters. The Balaban J connectivity index is 0.00000481. The third kappa shape index (κ3) is 12.3. The molecule has 0 aliphatic carbocycles. The molecule has 3 aromatic carbocycles. The lowest BCUT2D eigenvalue weighted by atomic mass is 10.1. The first-order valence-electron chi connectivity index (χ1n) is 13.4. The Kier molecular flexibility index (Phi) is 14.7. The van der Waals surface area contributed by atoms with Gasteiger partial charge in [-0.2, -0.15) is 0 Å². The standard InChI is InChI=1S/C32H44NO3.HI/c1-33(2,3)32(29-18-12-9-13-19-29)27-34-24-14-6-4-5-7-15-25-35-30-20-22-31(23-21-30)36-26-28-16-10-8-11-17-28;/h8-13,16-23,32H,4-7,14-15,24-27H2,1-3H3;1H/q+1;/p-1/t32-;/m1./s1. The Morgan fingerprint density at radius 2 is 1.11 bits per heavy atom. The van der Waals surface area contributed by atoms with E-state index in [0.29, 0.717) is 12.6 Å². The molecule has 0 heterocycles. The van der Waals surface area contributed by atoms with Gasteiger partial charge in [-0.25, -0.2) is 0 Å². The minimum Gasteiger partial charge on any atom is -1.00 e. The molecule has 0 saturated heterocycles. The maximum Gasteiger partial charge on any atom is 0.138 e. The van der Waals surface area contributed by atoms with Crippen LogP contribution >= 0.6 is 0 Å². The molecular formula is C32H44INO3. The van der Waals surface area contributed by atoms with Crippen molar-refractivity contribution in [3.8, 4) is 11.5 Å². The van der Waals surface area contributed by atoms with Crippen molar-refractivity contribution in [2.24, 2.45) is 0 Å². The lowest BCUT2D eigenvalue weighted by Crippen LogP contribution is -3.00. The molecule has 0 bridgehead atoms. The first-order valence-corrected chi connectivity index (χ1v) is 13.4. The highest BCUT2D eigenvalue weighted by Gasteiger charge is 2.25. The number of hydrogen-bond acceptors (Lipinski definition) is 3. The molecule has 0 spiro atoms. The van der Waals surface area contributed by atoms with Crippen LogP contribution in [-0.4, -0.2) is 45.4 Å². The number of ether oxygens (including phenoxy) is 3. The average molecular weight is 618 g/mol. The van der Waals surface area contributed by atoms with Crippen molar-refractivity contribution in [1.82, 2.24) is 0 Å². The van der Waals surface area contributed by atoms with Gasteiger partial charge in [-0.05, 0) is 42.7 Å². The molecule has 0 aliphatic rings. The van der Waals surface area contributed by atoms with Gasteiger partial charge in [0.1, 0.15) is 30.8 Å². The molecule has 3 rings (SSSR count). The molecule has 5 heteroatoms. The van der Waals surface area contributed by atoms with Gasteiger partial charge < -0.3 is 42.7 Å². The van der Waals surface area contributed by atoms with Crippen LogP contribution in [0, 0.1) is 0 Å². The van der Waals surface area contributed by atoms with Gasteiger partial charge in [-0.15, -0.1) is 0 Å². The van der Waals surface area contributed by atoms with Gasteiger partial charge in [0.2, 0.25) is 0 Å². The third-order valence-electron chi connectivity index (χ3n) is 6.42. The second kappa shape index (κ2) is 17.4. The average Bonchev–Trinajstić information content (AvgIpc) is 2.89. The lowest BCUT2D eigenvalue weighted by molar-refractivity contribution is -0.902. The Bertz CT molecular complexity index is 959. The molecule has 202 valence electrons. The highest BCUT2D eigenvalue weighted by atomic mass is 127. The first-order chi connectivity index (χ1) is 17.5. The van der Waals surface area contributed by atoms with Crippen LogP contribution < -0.4 is 33.5 Å². The van der Waals surface area contributed by atoms with Crippen molar-refractivity contribution >= 4 is 0 Å². The number of unbranched alkanes of at least 4 members (excludes halogenated alkanes) is 5. The summed E-state index contributed by atoms with van der Waals surface area (Å²) in [4.78, 5) is 0. The van der Waals surface area contributed by atoms with Gasteiger partial charge >= 0.3 is 0 Å². The topological polar surface area (TPSA) is 27.7 Å². The highest BCUT2D eigenvalue weighted by Crippen LogP contribution is 2.23. The fourth-order valence-corrected chi connectivity index (χ4v) is 4.21. The van der Waals surface area contributed by atoms with Gasteiger partial charge in [0.05, 0.1) is 27.7 Å². The van der Waals surface area contributed by atoms with Gasteiger partial charge in [0.15, 0.2) is 0 Å². The molecule has 0 unspecified atom stereocenters. The predicted molar refractivity (Wildman–Crippen MR) is 148 cm³/mol. The molecule has 0 fully saturated rings. The summed E-state index contributed by atoms with van der Waals surface area (Å²) < 4.78 is 18.7. The van der Waals surface area contributed by atoms with E-state index >= 15 is 0 Å². The zero-order chi connectivity index (χ0) is 25.5. The van der Waals surface area contributed by atoms with E-state index in [1.165, 1.54) is 36.8 Å². The normalized spacial score (nSPS) is 12.0. The number of benzene rings is 3. The first kappa shape index (κ1) is 31.1. The second-order valence-corrected chi connectivity index (χ2v) is 10.3. The molecule has 3 aromatic rings. The van der Waals surface area contributed by atoms with Crippen LogP contribution in [0.1, 0.15) is 55.7 Å². The summed E-state index contributed by atoms with van der Waals surface area (Å²) in [5.41, 5.74) is 2.52. The van der Waals surface area contributed by atoms with Gasteiger partial charge in [-0.1, -0.05) is 86.3 Å². The largest absolute Gasteiger partial charge is 1.00 e. The Labute approximate surface area is 241 Å². The van der Waals surface area contributed by atoms with Crippen LogP contribution in [0.4, 0.5) is 0 Å². The van der Waals surface area contributed by atoms with Crippen molar-refractivity contribution < 1.29 is 42.7 Å². The van der Waals surface area contributed by atoms with E-state index in [1.807, 2.05) is 42.5 Å². The van der Waals surface area contributed by atoms with Crippen LogP contribution in [0.15, 0.2) is 84.9 Å². The van der Waals surface area contributed by atoms with Gasteiger partial charge in [-0.3, -0.25) is 0 Å². The maximum atomic E-state index is 6.07. The predicted octanol–water partition coefficient (Wildman–Crippen LogP) is 4.45. The van der Waals surface area contributed by atoms with E-state index in [9.17, 15) is 0 Å². The smallest absolute Gasteiger partial charge is 0.138 e. The molecular weight excluding hydrogens is 573 g/mol. The monoisotopic (exact) mass is 617 g/mol. The van der Waals surface area contributed by atoms with Crippen molar-refractivity contribution in [3.63, 3.8) is 0 Å². The van der Waals surface area contributed by atoms with Gasteiger partial charge in [0, 0.05) is 12.2 Å². The molecule has 0 saturated carbocycles. The van der Waals surface area contributed by atoms with Crippen LogP contribution in [0.5, 0.6) is 11.5 Å². The van der Waals surface area contributed by atoms with Crippen molar-refractivity contribution in [2.45, 2.75) is 51.2 Å². The molecule has 37 heavy (non-hydrogen) atoms. The van der Waals surface area contributed by atoms with E-state index in [0.717, 1.165) is 48.6 Å². The van der Waals surface area contributed by atoms with Crippen molar-refractivity contribution in [1.29, 1.82) is 0 Å². The number of nitrogens with zero attached hydrogens (tertiary/aromatic N) is 1. The van der Waals surface area contributed by atoms with E-state index in [1.54, 1.807) is 0 Å². The van der Waals surface area contributed by atoms with Crippen molar-refractivity contribution in [2.75, 3.05) is 41.0 Å². The number of rotatable bonds is 17. The van der Waals surface area contributed by atoms with Crippen LogP contribution in [0.25, 0.3) is 0 Å². The van der Waals surface area contributed by atoms with E-state index in [2.05, 4.69) is 63.6 Å². The molecule has 0 aromatic heterocycles. The molecule has 0 N–H and O–H groups in total. The summed E-state index contributed by atoms with van der Waals surface area (Å²) in [6.45, 7) is 2.96.